The normalized spacial score (nSPS) is 18.0. The first-order valence-electron chi connectivity index (χ1n) is 7.99. The second-order valence-corrected chi connectivity index (χ2v) is 5.74. The first-order chi connectivity index (χ1) is 11.2. The van der Waals surface area contributed by atoms with Gasteiger partial charge in [-0.2, -0.15) is 0 Å². The molecule has 0 aliphatic carbocycles. The van der Waals surface area contributed by atoms with E-state index in [-0.39, 0.29) is 18.4 Å². The lowest BCUT2D eigenvalue weighted by atomic mass is 10.1. The van der Waals surface area contributed by atoms with Crippen LogP contribution in [0.1, 0.15) is 31.2 Å². The van der Waals surface area contributed by atoms with Crippen LogP contribution >= 0.6 is 0 Å². The molecule has 2 aromatic rings. The van der Waals surface area contributed by atoms with E-state index in [1.54, 1.807) is 12.4 Å². The van der Waals surface area contributed by atoms with E-state index < -0.39 is 0 Å². The van der Waals surface area contributed by atoms with Gasteiger partial charge in [0.2, 0.25) is 5.91 Å². The molecule has 0 saturated carbocycles. The number of aromatic nitrogens is 3. The molecule has 1 aliphatic rings. The molecule has 0 bridgehead atoms. The van der Waals surface area contributed by atoms with Crippen LogP contribution < -0.4 is 10.2 Å². The third kappa shape index (κ3) is 4.06. The van der Waals surface area contributed by atoms with E-state index in [0.717, 1.165) is 43.9 Å². The van der Waals surface area contributed by atoms with Crippen LogP contribution in [0.25, 0.3) is 0 Å². The lowest BCUT2D eigenvalue weighted by Crippen LogP contribution is -2.48. The van der Waals surface area contributed by atoms with Gasteiger partial charge in [-0.25, -0.2) is 9.97 Å². The number of carbonyl (C=O) groups is 1. The Morgan fingerprint density at radius 2 is 2.35 bits per heavy atom. The summed E-state index contributed by atoms with van der Waals surface area (Å²) in [6.07, 6.45) is 6.24. The molecule has 0 aromatic carbocycles. The van der Waals surface area contributed by atoms with Gasteiger partial charge < -0.3 is 14.7 Å². The van der Waals surface area contributed by atoms with Gasteiger partial charge in [-0.15, -0.1) is 0 Å². The van der Waals surface area contributed by atoms with Crippen LogP contribution in [-0.4, -0.2) is 40.2 Å². The van der Waals surface area contributed by atoms with Crippen LogP contribution in [0.2, 0.25) is 0 Å². The Hall–Kier alpha value is -2.44. The summed E-state index contributed by atoms with van der Waals surface area (Å²) in [5.74, 6) is 0.912. The van der Waals surface area contributed by atoms with Gasteiger partial charge in [0.1, 0.15) is 18.4 Å². The lowest BCUT2D eigenvalue weighted by molar-refractivity contribution is -0.121. The van der Waals surface area contributed by atoms with Crippen molar-refractivity contribution in [3.63, 3.8) is 0 Å². The average molecular weight is 315 g/mol. The zero-order valence-electron chi connectivity index (χ0n) is 13.2. The molecule has 1 unspecified atom stereocenters. The van der Waals surface area contributed by atoms with Crippen molar-refractivity contribution in [3.05, 3.63) is 36.1 Å². The van der Waals surface area contributed by atoms with Gasteiger partial charge in [0.05, 0.1) is 12.1 Å². The summed E-state index contributed by atoms with van der Waals surface area (Å²) in [4.78, 5) is 22.9. The maximum atomic E-state index is 12.1. The van der Waals surface area contributed by atoms with Crippen molar-refractivity contribution in [2.24, 2.45) is 0 Å². The summed E-state index contributed by atoms with van der Waals surface area (Å²) < 4.78 is 4.75. The molecule has 7 nitrogen and oxygen atoms in total. The number of hydrogen-bond donors (Lipinski definition) is 1. The molecule has 0 spiro atoms. The zero-order chi connectivity index (χ0) is 16.1. The molecule has 1 N–H and O–H groups in total. The number of piperidine rings is 1. The topological polar surface area (TPSA) is 84.2 Å². The highest BCUT2D eigenvalue weighted by Crippen LogP contribution is 2.18. The Kier molecular flexibility index (Phi) is 4.85. The summed E-state index contributed by atoms with van der Waals surface area (Å²) in [7, 11) is 0. The Morgan fingerprint density at radius 1 is 1.43 bits per heavy atom. The summed E-state index contributed by atoms with van der Waals surface area (Å²) >= 11 is 0. The number of nitrogens with zero attached hydrogens (tertiary/aromatic N) is 4. The molecule has 7 heteroatoms. The Labute approximate surface area is 135 Å². The van der Waals surface area contributed by atoms with Crippen LogP contribution in [0.4, 0.5) is 5.82 Å². The number of carbonyl (C=O) groups excluding carboxylic acids is 1. The third-order valence-corrected chi connectivity index (χ3v) is 4.01. The molecule has 3 heterocycles. The van der Waals surface area contributed by atoms with E-state index in [4.69, 9.17) is 4.52 Å². The Morgan fingerprint density at radius 3 is 3.13 bits per heavy atom. The zero-order valence-corrected chi connectivity index (χ0v) is 13.2. The standard InChI is InChI=1S/C16H21N5O2/c1-2-12-8-15(18-11-17-12)21-6-3-4-14(10-21)19-16(22)9-13-5-7-23-20-13/h5,7-8,11,14H,2-4,6,9-10H2,1H3,(H,19,22). The molecule has 0 radical (unpaired) electrons. The van der Waals surface area contributed by atoms with E-state index in [1.807, 2.05) is 6.07 Å². The van der Waals surface area contributed by atoms with E-state index in [0.29, 0.717) is 5.69 Å². The highest BCUT2D eigenvalue weighted by molar-refractivity contribution is 5.78. The first-order valence-corrected chi connectivity index (χ1v) is 7.99. The van der Waals surface area contributed by atoms with Gasteiger partial charge in [0, 0.05) is 37.0 Å². The van der Waals surface area contributed by atoms with Gasteiger partial charge in [0.25, 0.3) is 0 Å². The van der Waals surface area contributed by atoms with Crippen molar-refractivity contribution in [1.29, 1.82) is 0 Å². The smallest absolute Gasteiger partial charge is 0.226 e. The van der Waals surface area contributed by atoms with E-state index in [1.165, 1.54) is 6.26 Å². The average Bonchev–Trinajstić information content (AvgIpc) is 3.08. The molecular formula is C16H21N5O2. The van der Waals surface area contributed by atoms with Crippen LogP contribution in [0, 0.1) is 0 Å². The number of amides is 1. The summed E-state index contributed by atoms with van der Waals surface area (Å²) in [6, 6.07) is 3.86. The van der Waals surface area contributed by atoms with Crippen molar-refractivity contribution < 1.29 is 9.32 Å². The number of hydrogen-bond acceptors (Lipinski definition) is 6. The fourth-order valence-electron chi connectivity index (χ4n) is 2.83. The van der Waals surface area contributed by atoms with Crippen molar-refractivity contribution >= 4 is 11.7 Å². The van der Waals surface area contributed by atoms with Gasteiger partial charge in [0.15, 0.2) is 0 Å². The molecule has 1 saturated heterocycles. The minimum absolute atomic E-state index is 0.0253. The molecule has 1 amide bonds. The largest absolute Gasteiger partial charge is 0.364 e. The fourth-order valence-corrected chi connectivity index (χ4v) is 2.83. The van der Waals surface area contributed by atoms with Crippen LogP contribution in [0.5, 0.6) is 0 Å². The van der Waals surface area contributed by atoms with Crippen LogP contribution in [-0.2, 0) is 17.6 Å². The molecule has 3 rings (SSSR count). The number of anilines is 1. The second kappa shape index (κ2) is 7.21. The van der Waals surface area contributed by atoms with Crippen molar-refractivity contribution in [2.75, 3.05) is 18.0 Å². The molecular weight excluding hydrogens is 294 g/mol. The number of rotatable bonds is 5. The van der Waals surface area contributed by atoms with Crippen LogP contribution in [0.15, 0.2) is 29.2 Å². The molecule has 23 heavy (non-hydrogen) atoms. The first kappa shape index (κ1) is 15.5. The maximum Gasteiger partial charge on any atom is 0.226 e. The molecule has 1 fully saturated rings. The summed E-state index contributed by atoms with van der Waals surface area (Å²) in [6.45, 7) is 3.80. The number of nitrogens with one attached hydrogen (secondary N) is 1. The predicted molar refractivity (Wildman–Crippen MR) is 85.0 cm³/mol. The second-order valence-electron chi connectivity index (χ2n) is 5.74. The van der Waals surface area contributed by atoms with Gasteiger partial charge in [-0.05, 0) is 19.3 Å². The fraction of sp³-hybridized carbons (Fsp3) is 0.500. The highest BCUT2D eigenvalue weighted by Gasteiger charge is 2.22. The third-order valence-electron chi connectivity index (χ3n) is 4.01. The van der Waals surface area contributed by atoms with E-state index >= 15 is 0 Å². The van der Waals surface area contributed by atoms with Crippen molar-refractivity contribution in [2.45, 2.75) is 38.6 Å². The van der Waals surface area contributed by atoms with Gasteiger partial charge in [-0.3, -0.25) is 4.79 Å². The molecule has 2 aromatic heterocycles. The van der Waals surface area contributed by atoms with E-state index in [2.05, 4.69) is 32.3 Å². The van der Waals surface area contributed by atoms with E-state index in [9.17, 15) is 4.79 Å². The monoisotopic (exact) mass is 315 g/mol. The molecule has 1 aliphatic heterocycles. The van der Waals surface area contributed by atoms with Gasteiger partial charge >= 0.3 is 0 Å². The molecule has 122 valence electrons. The predicted octanol–water partition coefficient (Wildman–Crippen LogP) is 1.35. The number of aryl methyl sites for hydroxylation is 1. The summed E-state index contributed by atoms with van der Waals surface area (Å²) in [5.41, 5.74) is 1.69. The molecule has 1 atom stereocenters. The quantitative estimate of drug-likeness (QED) is 0.897. The highest BCUT2D eigenvalue weighted by atomic mass is 16.5. The maximum absolute atomic E-state index is 12.1. The van der Waals surface area contributed by atoms with Gasteiger partial charge in [-0.1, -0.05) is 12.1 Å². The minimum atomic E-state index is -0.0253. The SMILES string of the molecule is CCc1cc(N2CCCC(NC(=O)Cc3ccon3)C2)ncn1. The van der Waals surface area contributed by atoms with Crippen molar-refractivity contribution in [3.8, 4) is 0 Å². The Balaban J connectivity index is 1.58. The Bertz CT molecular complexity index is 644. The van der Waals surface area contributed by atoms with Crippen LogP contribution in [0.3, 0.4) is 0 Å². The minimum Gasteiger partial charge on any atom is -0.364 e. The van der Waals surface area contributed by atoms with Crippen molar-refractivity contribution in [1.82, 2.24) is 20.4 Å². The summed E-state index contributed by atoms with van der Waals surface area (Å²) in [5, 5.41) is 6.85. The lowest BCUT2D eigenvalue weighted by Gasteiger charge is -2.34.